The minimum Gasteiger partial charge on any atom is -0.481 e. The normalized spacial score (nSPS) is 13.8. The number of carbonyl (C=O) groups excluding carboxylic acids is 1. The van der Waals surface area contributed by atoms with Crippen LogP contribution in [-0.2, 0) is 14.4 Å². The van der Waals surface area contributed by atoms with Crippen molar-refractivity contribution in [1.29, 1.82) is 0 Å². The number of aliphatic carboxylic acids is 2. The summed E-state index contributed by atoms with van der Waals surface area (Å²) >= 11 is 0.826. The van der Waals surface area contributed by atoms with Gasteiger partial charge >= 0.3 is 24.0 Å². The number of unbranched alkanes of at least 4 members (excludes halogenated alkanes) is 10. The van der Waals surface area contributed by atoms with Crippen LogP contribution in [-0.4, -0.2) is 62.5 Å². The third-order valence-electron chi connectivity index (χ3n) is 5.44. The van der Waals surface area contributed by atoms with Crippen molar-refractivity contribution in [3.8, 4) is 11.8 Å². The van der Waals surface area contributed by atoms with E-state index in [0.29, 0.717) is 6.42 Å². The Balaban J connectivity index is 4.72. The number of carbonyl (C=O) groups is 3. The Kier molecular flexibility index (Phi) is 19.1. The van der Waals surface area contributed by atoms with Crippen molar-refractivity contribution in [2.24, 2.45) is 0 Å². The molecule has 36 heavy (non-hydrogen) atoms. The van der Waals surface area contributed by atoms with Crippen molar-refractivity contribution in [2.45, 2.75) is 120 Å². The number of carboxylic acids is 2. The summed E-state index contributed by atoms with van der Waals surface area (Å²) in [5.41, 5.74) is 0. The number of hydrogen-bond donors (Lipinski definition) is 4. The molecule has 208 valence electrons. The number of halogens is 3. The van der Waals surface area contributed by atoms with Crippen LogP contribution < -0.4 is 5.32 Å². The molecular weight excluding hydrogens is 499 g/mol. The van der Waals surface area contributed by atoms with Gasteiger partial charge in [0.1, 0.15) is 6.04 Å². The highest BCUT2D eigenvalue weighted by molar-refractivity contribution is 8.00. The van der Waals surface area contributed by atoms with Crippen LogP contribution in [0.1, 0.15) is 96.8 Å². The number of hydrogen-bond acceptors (Lipinski definition) is 5. The number of carboxylic acid groups (broad SMARTS) is 2. The fourth-order valence-electron chi connectivity index (χ4n) is 3.35. The minimum atomic E-state index is -5.22. The van der Waals surface area contributed by atoms with Gasteiger partial charge in [-0.25, -0.2) is 4.79 Å². The van der Waals surface area contributed by atoms with Gasteiger partial charge in [0.25, 0.3) is 0 Å². The van der Waals surface area contributed by atoms with Gasteiger partial charge in [0.05, 0.1) is 11.4 Å². The van der Waals surface area contributed by atoms with E-state index in [2.05, 4.69) is 18.8 Å². The summed E-state index contributed by atoms with van der Waals surface area (Å²) in [4.78, 5) is 33.1. The van der Waals surface area contributed by atoms with Gasteiger partial charge in [-0.05, 0) is 19.3 Å². The standard InChI is InChI=1S/C25H40F3NO6S/c1-2-3-4-5-6-7-8-9-10-11-12-13-16-21(20(30)15-14-17-22(31)32)36-18-19(23(33)34)29-24(35)25(26,27)28/h19-21,30H,2-12,14-15,17-18H2,1H3,(H,29,35)(H,31,32)(H,33,34). The van der Waals surface area contributed by atoms with E-state index in [9.17, 15) is 37.8 Å². The lowest BCUT2D eigenvalue weighted by atomic mass is 10.1. The molecule has 11 heteroatoms. The number of amides is 1. The number of aliphatic hydroxyl groups is 1. The van der Waals surface area contributed by atoms with Crippen LogP contribution in [0.5, 0.6) is 0 Å². The maximum Gasteiger partial charge on any atom is 0.471 e. The van der Waals surface area contributed by atoms with Crippen molar-refractivity contribution in [1.82, 2.24) is 5.32 Å². The molecule has 0 aliphatic heterocycles. The second-order valence-corrected chi connectivity index (χ2v) is 9.90. The lowest BCUT2D eigenvalue weighted by Crippen LogP contribution is -2.48. The summed E-state index contributed by atoms with van der Waals surface area (Å²) in [5.74, 6) is 0.331. The summed E-state index contributed by atoms with van der Waals surface area (Å²) < 4.78 is 37.4. The zero-order valence-corrected chi connectivity index (χ0v) is 21.8. The maximum atomic E-state index is 12.5. The van der Waals surface area contributed by atoms with Crippen molar-refractivity contribution < 1.29 is 42.9 Å². The fraction of sp³-hybridized carbons (Fsp3) is 0.800. The Labute approximate surface area is 216 Å². The highest BCUT2D eigenvalue weighted by atomic mass is 32.2. The van der Waals surface area contributed by atoms with Gasteiger partial charge in [0.15, 0.2) is 0 Å². The van der Waals surface area contributed by atoms with Crippen molar-refractivity contribution >= 4 is 29.6 Å². The average molecular weight is 540 g/mol. The number of aliphatic hydroxyl groups excluding tert-OH is 1. The van der Waals surface area contributed by atoms with Gasteiger partial charge in [0, 0.05) is 18.6 Å². The number of thioether (sulfide) groups is 1. The van der Waals surface area contributed by atoms with Gasteiger partial charge in [-0.3, -0.25) is 9.59 Å². The minimum absolute atomic E-state index is 0.0869. The number of rotatable bonds is 20. The van der Waals surface area contributed by atoms with Gasteiger partial charge in [-0.1, -0.05) is 70.6 Å². The first-order valence-electron chi connectivity index (χ1n) is 12.6. The molecule has 4 N–H and O–H groups in total. The van der Waals surface area contributed by atoms with Crippen LogP contribution in [0.2, 0.25) is 0 Å². The molecule has 0 aromatic heterocycles. The van der Waals surface area contributed by atoms with Crippen LogP contribution in [0.15, 0.2) is 0 Å². The van der Waals surface area contributed by atoms with Crippen LogP contribution in [0.25, 0.3) is 0 Å². The van der Waals surface area contributed by atoms with Crippen molar-refractivity contribution in [2.75, 3.05) is 5.75 Å². The molecule has 7 nitrogen and oxygen atoms in total. The first-order chi connectivity index (χ1) is 17.0. The summed E-state index contributed by atoms with van der Waals surface area (Å²) in [7, 11) is 0. The Hall–Kier alpha value is -1.93. The van der Waals surface area contributed by atoms with Crippen LogP contribution >= 0.6 is 11.8 Å². The molecule has 0 heterocycles. The number of alkyl halides is 3. The predicted octanol–water partition coefficient (Wildman–Crippen LogP) is 5.15. The molecule has 0 saturated carbocycles. The molecule has 0 aliphatic carbocycles. The molecule has 0 saturated heterocycles. The monoisotopic (exact) mass is 539 g/mol. The zero-order chi connectivity index (χ0) is 27.4. The average Bonchev–Trinajstić information content (AvgIpc) is 2.79. The lowest BCUT2D eigenvalue weighted by Gasteiger charge is -2.21. The molecule has 3 atom stereocenters. The second kappa shape index (κ2) is 20.2. The topological polar surface area (TPSA) is 124 Å². The first-order valence-corrected chi connectivity index (χ1v) is 13.6. The summed E-state index contributed by atoms with van der Waals surface area (Å²) in [5, 5.41) is 29.0. The van der Waals surface area contributed by atoms with Crippen LogP contribution in [0.3, 0.4) is 0 Å². The molecule has 0 aromatic rings. The SMILES string of the molecule is CCCCCCCCCCCCC#CC(SCC(NC(=O)C(F)(F)F)C(=O)O)C(O)CCCC(=O)O. The zero-order valence-electron chi connectivity index (χ0n) is 20.9. The predicted molar refractivity (Wildman–Crippen MR) is 134 cm³/mol. The molecule has 0 aliphatic rings. The van der Waals surface area contributed by atoms with Gasteiger partial charge in [-0.2, -0.15) is 13.2 Å². The van der Waals surface area contributed by atoms with Crippen molar-refractivity contribution in [3.63, 3.8) is 0 Å². The second-order valence-electron chi connectivity index (χ2n) is 8.72. The Morgan fingerprint density at radius 1 is 0.917 bits per heavy atom. The third kappa shape index (κ3) is 18.4. The van der Waals surface area contributed by atoms with E-state index in [1.54, 1.807) is 0 Å². The maximum absolute atomic E-state index is 12.5. The fourth-order valence-corrected chi connectivity index (χ4v) is 4.50. The molecule has 0 fully saturated rings. The Morgan fingerprint density at radius 3 is 1.97 bits per heavy atom. The van der Waals surface area contributed by atoms with E-state index < -0.39 is 47.2 Å². The van der Waals surface area contributed by atoms with E-state index in [4.69, 9.17) is 5.11 Å². The Bertz CT molecular complexity index is 708. The molecule has 1 amide bonds. The Morgan fingerprint density at radius 2 is 1.47 bits per heavy atom. The lowest BCUT2D eigenvalue weighted by molar-refractivity contribution is -0.175. The molecule has 0 rings (SSSR count). The largest absolute Gasteiger partial charge is 0.481 e. The van der Waals surface area contributed by atoms with Crippen LogP contribution in [0.4, 0.5) is 13.2 Å². The summed E-state index contributed by atoms with van der Waals surface area (Å²) in [6, 6.07) is -1.82. The van der Waals surface area contributed by atoms with Gasteiger partial charge in [0.2, 0.25) is 0 Å². The summed E-state index contributed by atoms with van der Waals surface area (Å²) in [6.07, 6.45) is 6.00. The molecule has 0 spiro atoms. The number of nitrogens with one attached hydrogen (secondary N) is 1. The van der Waals surface area contributed by atoms with Crippen LogP contribution in [0, 0.1) is 11.8 Å². The highest BCUT2D eigenvalue weighted by Crippen LogP contribution is 2.21. The van der Waals surface area contributed by atoms with E-state index in [0.717, 1.165) is 31.0 Å². The molecule has 0 bridgehead atoms. The van der Waals surface area contributed by atoms with E-state index in [1.807, 2.05) is 0 Å². The van der Waals surface area contributed by atoms with Gasteiger partial charge < -0.3 is 20.6 Å². The smallest absolute Gasteiger partial charge is 0.471 e. The first kappa shape index (κ1) is 34.1. The third-order valence-corrected chi connectivity index (χ3v) is 6.76. The summed E-state index contributed by atoms with van der Waals surface area (Å²) in [6.45, 7) is 2.19. The molecule has 3 unspecified atom stereocenters. The van der Waals surface area contributed by atoms with E-state index in [1.165, 1.54) is 50.3 Å². The van der Waals surface area contributed by atoms with E-state index in [-0.39, 0.29) is 19.3 Å². The quantitative estimate of drug-likeness (QED) is 0.125. The van der Waals surface area contributed by atoms with Gasteiger partial charge in [-0.15, -0.1) is 17.7 Å². The van der Waals surface area contributed by atoms with E-state index >= 15 is 0 Å². The van der Waals surface area contributed by atoms with Crippen molar-refractivity contribution in [3.05, 3.63) is 0 Å². The molecule has 0 radical (unpaired) electrons. The highest BCUT2D eigenvalue weighted by Gasteiger charge is 2.41. The molecule has 0 aromatic carbocycles. The molecular formula is C25H40F3NO6S.